The summed E-state index contributed by atoms with van der Waals surface area (Å²) in [4.78, 5) is 11.4. The summed E-state index contributed by atoms with van der Waals surface area (Å²) in [5.41, 5.74) is 0. The van der Waals surface area contributed by atoms with Crippen molar-refractivity contribution in [3.8, 4) is 5.75 Å². The first-order valence-electron chi connectivity index (χ1n) is 5.01. The molecule has 0 aliphatic heterocycles. The Labute approximate surface area is 117 Å². The lowest BCUT2D eigenvalue weighted by atomic mass is 10.3. The molecule has 1 atom stereocenters. The maximum absolute atomic E-state index is 11.4. The summed E-state index contributed by atoms with van der Waals surface area (Å²) in [6, 6.07) is 5.16. The van der Waals surface area contributed by atoms with Crippen LogP contribution in [0.3, 0.4) is 0 Å². The Balaban J connectivity index is 2.47. The molecule has 1 amide bonds. The molecule has 1 aromatic carbocycles. The van der Waals surface area contributed by atoms with Gasteiger partial charge in [0.15, 0.2) is 6.61 Å². The van der Waals surface area contributed by atoms with E-state index in [2.05, 4.69) is 37.2 Å². The molecular weight excluding hydrogens is 354 g/mol. The zero-order valence-electron chi connectivity index (χ0n) is 9.24. The van der Waals surface area contributed by atoms with Crippen LogP contribution in [0.4, 0.5) is 0 Å². The van der Waals surface area contributed by atoms with Crippen molar-refractivity contribution in [3.63, 3.8) is 0 Å². The molecule has 2 N–H and O–H groups in total. The first kappa shape index (κ1) is 14.5. The van der Waals surface area contributed by atoms with Gasteiger partial charge in [-0.3, -0.25) is 4.79 Å². The van der Waals surface area contributed by atoms with Crippen LogP contribution in [0.2, 0.25) is 0 Å². The summed E-state index contributed by atoms with van der Waals surface area (Å²) in [5, 5.41) is 11.4. The smallest absolute Gasteiger partial charge is 0.258 e. The topological polar surface area (TPSA) is 58.6 Å². The van der Waals surface area contributed by atoms with Crippen molar-refractivity contribution in [2.24, 2.45) is 0 Å². The monoisotopic (exact) mass is 365 g/mol. The molecule has 0 spiro atoms. The third-order valence-electron chi connectivity index (χ3n) is 1.93. The lowest BCUT2D eigenvalue weighted by molar-refractivity contribution is -0.124. The molecule has 17 heavy (non-hydrogen) atoms. The number of carbonyl (C=O) groups is 1. The number of rotatable bonds is 5. The molecule has 0 saturated carbocycles. The van der Waals surface area contributed by atoms with Crippen LogP contribution in [0, 0.1) is 0 Å². The molecule has 0 aliphatic carbocycles. The van der Waals surface area contributed by atoms with Gasteiger partial charge in [0.1, 0.15) is 5.75 Å². The zero-order chi connectivity index (χ0) is 12.8. The molecule has 0 unspecified atom stereocenters. The molecule has 94 valence electrons. The van der Waals surface area contributed by atoms with Crippen LogP contribution in [0.5, 0.6) is 5.75 Å². The summed E-state index contributed by atoms with van der Waals surface area (Å²) >= 11 is 6.66. The summed E-state index contributed by atoms with van der Waals surface area (Å²) in [5.74, 6) is 0.335. The van der Waals surface area contributed by atoms with E-state index in [-0.39, 0.29) is 25.2 Å². The number of aliphatic hydroxyl groups is 1. The van der Waals surface area contributed by atoms with Crippen molar-refractivity contribution >= 4 is 37.8 Å². The van der Waals surface area contributed by atoms with Gasteiger partial charge in [-0.1, -0.05) is 15.9 Å². The molecule has 0 heterocycles. The lowest BCUT2D eigenvalue weighted by Gasteiger charge is -2.12. The van der Waals surface area contributed by atoms with E-state index in [1.807, 2.05) is 12.1 Å². The fourth-order valence-corrected chi connectivity index (χ4v) is 2.26. The lowest BCUT2D eigenvalue weighted by Crippen LogP contribution is -2.38. The predicted octanol–water partition coefficient (Wildman–Crippen LogP) is 2.09. The molecule has 0 bridgehead atoms. The molecule has 0 aliphatic rings. The normalized spacial score (nSPS) is 12.0. The van der Waals surface area contributed by atoms with Crippen molar-refractivity contribution in [1.29, 1.82) is 0 Å². The minimum atomic E-state index is -0.264. The van der Waals surface area contributed by atoms with E-state index in [9.17, 15) is 4.79 Å². The van der Waals surface area contributed by atoms with Crippen LogP contribution in [-0.2, 0) is 4.79 Å². The van der Waals surface area contributed by atoms with Gasteiger partial charge in [-0.2, -0.15) is 0 Å². The molecule has 0 fully saturated rings. The van der Waals surface area contributed by atoms with Gasteiger partial charge in [-0.15, -0.1) is 0 Å². The summed E-state index contributed by atoms with van der Waals surface area (Å²) in [6.45, 7) is 1.55. The quantitative estimate of drug-likeness (QED) is 0.838. The molecule has 0 radical (unpaired) electrons. The van der Waals surface area contributed by atoms with E-state index in [1.54, 1.807) is 13.0 Å². The van der Waals surface area contributed by atoms with Gasteiger partial charge in [0.25, 0.3) is 5.91 Å². The second-order valence-electron chi connectivity index (χ2n) is 3.51. The number of amides is 1. The van der Waals surface area contributed by atoms with E-state index >= 15 is 0 Å². The van der Waals surface area contributed by atoms with Crippen molar-refractivity contribution < 1.29 is 14.6 Å². The number of nitrogens with one attached hydrogen (secondary N) is 1. The van der Waals surface area contributed by atoms with Crippen LogP contribution in [0.15, 0.2) is 27.1 Å². The Kier molecular flexibility index (Phi) is 5.94. The third-order valence-corrected chi connectivity index (χ3v) is 3.05. The number of benzene rings is 1. The van der Waals surface area contributed by atoms with E-state index < -0.39 is 0 Å². The van der Waals surface area contributed by atoms with Gasteiger partial charge in [-0.05, 0) is 41.1 Å². The second kappa shape index (κ2) is 6.98. The standard InChI is InChI=1S/C11H13Br2NO3/c1-7(5-15)14-11(16)6-17-10-3-2-8(12)4-9(10)13/h2-4,7,15H,5-6H2,1H3,(H,14,16)/t7-/m0/s1. The molecule has 6 heteroatoms. The average molecular weight is 367 g/mol. The largest absolute Gasteiger partial charge is 0.483 e. The van der Waals surface area contributed by atoms with Gasteiger partial charge >= 0.3 is 0 Å². The number of ether oxygens (including phenoxy) is 1. The maximum atomic E-state index is 11.4. The van der Waals surface area contributed by atoms with E-state index in [0.29, 0.717) is 5.75 Å². The summed E-state index contributed by atoms with van der Waals surface area (Å²) < 4.78 is 7.04. The number of carbonyl (C=O) groups excluding carboxylic acids is 1. The minimum absolute atomic E-state index is 0.0788. The van der Waals surface area contributed by atoms with E-state index in [1.165, 1.54) is 0 Å². The molecule has 0 aromatic heterocycles. The average Bonchev–Trinajstić information content (AvgIpc) is 2.27. The number of hydrogen-bond acceptors (Lipinski definition) is 3. The first-order chi connectivity index (χ1) is 8.02. The highest BCUT2D eigenvalue weighted by molar-refractivity contribution is 9.11. The van der Waals surface area contributed by atoms with Crippen molar-refractivity contribution in [3.05, 3.63) is 27.1 Å². The summed E-state index contributed by atoms with van der Waals surface area (Å²) in [7, 11) is 0. The second-order valence-corrected chi connectivity index (χ2v) is 5.28. The highest BCUT2D eigenvalue weighted by Crippen LogP contribution is 2.27. The van der Waals surface area contributed by atoms with Crippen LogP contribution >= 0.6 is 31.9 Å². The summed E-state index contributed by atoms with van der Waals surface area (Å²) in [6.07, 6.45) is 0. The van der Waals surface area contributed by atoms with Crippen molar-refractivity contribution in [1.82, 2.24) is 5.32 Å². The van der Waals surface area contributed by atoms with Crippen LogP contribution in [-0.4, -0.2) is 30.3 Å². The predicted molar refractivity (Wildman–Crippen MR) is 72.0 cm³/mol. The zero-order valence-corrected chi connectivity index (χ0v) is 12.4. The first-order valence-corrected chi connectivity index (χ1v) is 6.59. The highest BCUT2D eigenvalue weighted by Gasteiger charge is 2.08. The Morgan fingerprint density at radius 1 is 1.53 bits per heavy atom. The van der Waals surface area contributed by atoms with E-state index in [0.717, 1.165) is 8.95 Å². The number of aliphatic hydroxyl groups excluding tert-OH is 1. The van der Waals surface area contributed by atoms with Crippen LogP contribution in [0.25, 0.3) is 0 Å². The molecule has 0 saturated heterocycles. The van der Waals surface area contributed by atoms with Gasteiger partial charge in [0.2, 0.25) is 0 Å². The van der Waals surface area contributed by atoms with Gasteiger partial charge in [-0.25, -0.2) is 0 Å². The van der Waals surface area contributed by atoms with Gasteiger partial charge < -0.3 is 15.2 Å². The fraction of sp³-hybridized carbons (Fsp3) is 0.364. The minimum Gasteiger partial charge on any atom is -0.483 e. The van der Waals surface area contributed by atoms with Crippen LogP contribution in [0.1, 0.15) is 6.92 Å². The van der Waals surface area contributed by atoms with Crippen molar-refractivity contribution in [2.75, 3.05) is 13.2 Å². The Hall–Kier alpha value is -0.590. The highest BCUT2D eigenvalue weighted by atomic mass is 79.9. The maximum Gasteiger partial charge on any atom is 0.258 e. The molecule has 4 nitrogen and oxygen atoms in total. The number of halogens is 2. The number of hydrogen-bond donors (Lipinski definition) is 2. The SMILES string of the molecule is C[C@@H](CO)NC(=O)COc1ccc(Br)cc1Br. The molecule has 1 rings (SSSR count). The van der Waals surface area contributed by atoms with Gasteiger partial charge in [0.05, 0.1) is 11.1 Å². The Morgan fingerprint density at radius 2 is 2.24 bits per heavy atom. The van der Waals surface area contributed by atoms with Crippen molar-refractivity contribution in [2.45, 2.75) is 13.0 Å². The third kappa shape index (κ3) is 5.06. The molecular formula is C11H13Br2NO3. The fourth-order valence-electron chi connectivity index (χ4n) is 1.10. The van der Waals surface area contributed by atoms with E-state index in [4.69, 9.17) is 9.84 Å². The van der Waals surface area contributed by atoms with Crippen LogP contribution < -0.4 is 10.1 Å². The van der Waals surface area contributed by atoms with Gasteiger partial charge in [0, 0.05) is 10.5 Å². The Morgan fingerprint density at radius 3 is 2.82 bits per heavy atom. The molecule has 1 aromatic rings. The Bertz CT molecular complexity index is 398.